The topological polar surface area (TPSA) is 37.9 Å². The van der Waals surface area contributed by atoms with Gasteiger partial charge >= 0.3 is 0 Å². The number of hydrogen-bond acceptors (Lipinski definition) is 3. The summed E-state index contributed by atoms with van der Waals surface area (Å²) in [6.07, 6.45) is 15.3. The Balaban J connectivity index is 1.08. The van der Waals surface area contributed by atoms with Gasteiger partial charge in [-0.05, 0) is 80.2 Å². The molecule has 2 heterocycles. The minimum atomic E-state index is -0.0736. The van der Waals surface area contributed by atoms with E-state index in [0.717, 1.165) is 61.8 Å². The van der Waals surface area contributed by atoms with E-state index >= 15 is 0 Å². The number of furan rings is 1. The summed E-state index contributed by atoms with van der Waals surface area (Å²) in [5.74, 6) is 1.20. The highest BCUT2D eigenvalue weighted by atomic mass is 16.3. The van der Waals surface area contributed by atoms with Crippen LogP contribution in [0.2, 0.25) is 0 Å². The highest BCUT2D eigenvalue weighted by molar-refractivity contribution is 6.26. The first kappa shape index (κ1) is 31.7. The number of fused-ring (bicyclic) bond motifs is 7. The highest BCUT2D eigenvalue weighted by Gasteiger charge is 2.26. The van der Waals surface area contributed by atoms with Crippen LogP contribution in [0.25, 0.3) is 60.2 Å². The molecule has 260 valence electrons. The van der Waals surface area contributed by atoms with Gasteiger partial charge in [-0.2, -0.15) is 0 Å². The molecule has 0 saturated carbocycles. The van der Waals surface area contributed by atoms with Gasteiger partial charge in [0.15, 0.2) is 5.84 Å². The van der Waals surface area contributed by atoms with Gasteiger partial charge in [0.25, 0.3) is 0 Å². The van der Waals surface area contributed by atoms with Crippen LogP contribution in [0, 0.1) is 5.92 Å². The normalized spacial score (nSPS) is 18.0. The van der Waals surface area contributed by atoms with Crippen molar-refractivity contribution in [1.29, 1.82) is 0 Å². The van der Waals surface area contributed by atoms with Crippen molar-refractivity contribution >= 4 is 60.6 Å². The predicted molar refractivity (Wildman–Crippen MR) is 230 cm³/mol. The van der Waals surface area contributed by atoms with Gasteiger partial charge in [0.2, 0.25) is 0 Å². The first-order chi connectivity index (χ1) is 27.2. The van der Waals surface area contributed by atoms with Gasteiger partial charge in [0.1, 0.15) is 11.2 Å². The van der Waals surface area contributed by atoms with Gasteiger partial charge in [-0.3, -0.25) is 4.99 Å². The largest absolute Gasteiger partial charge is 0.455 e. The third kappa shape index (κ3) is 5.51. The van der Waals surface area contributed by atoms with Gasteiger partial charge in [0, 0.05) is 39.6 Å². The molecule has 1 aliphatic heterocycles. The fourth-order valence-corrected chi connectivity index (χ4v) is 8.73. The highest BCUT2D eigenvalue weighted by Crippen LogP contribution is 2.43. The lowest BCUT2D eigenvalue weighted by atomic mass is 9.83. The van der Waals surface area contributed by atoms with E-state index in [2.05, 4.69) is 182 Å². The van der Waals surface area contributed by atoms with Crippen LogP contribution in [0.5, 0.6) is 0 Å². The molecular formula is C52H36N2O. The lowest BCUT2D eigenvalue weighted by Gasteiger charge is -2.22. The first-order valence-electron chi connectivity index (χ1n) is 19.2. The lowest BCUT2D eigenvalue weighted by molar-refractivity contribution is 0.672. The van der Waals surface area contributed by atoms with Crippen LogP contribution in [-0.2, 0) is 0 Å². The zero-order valence-electron chi connectivity index (χ0n) is 30.2. The minimum absolute atomic E-state index is 0.0736. The summed E-state index contributed by atoms with van der Waals surface area (Å²) in [7, 11) is 0. The third-order valence-electron chi connectivity index (χ3n) is 11.5. The Labute approximate surface area is 319 Å². The summed E-state index contributed by atoms with van der Waals surface area (Å²) in [4.78, 5) is 10.8. The average Bonchev–Trinajstić information content (AvgIpc) is 3.65. The standard InChI is InChI=1S/C52H36N2O/c1-3-12-33(13-4-1)37-23-24-39-30-41(27-25-38(39)28-37)52-53-47(35-15-5-2-6-16-35)32-48(54-52)45-31-46-50-42(40-26-22-34-14-7-8-17-36(34)29-40)20-11-21-49(50)55-51(46)44-19-10-9-18-43(44)45/h1-21,23-31,34,47H,22,32H2. The molecule has 3 heteroatoms. The summed E-state index contributed by atoms with van der Waals surface area (Å²) < 4.78 is 6.77. The van der Waals surface area contributed by atoms with Crippen molar-refractivity contribution in [2.75, 3.05) is 0 Å². The Bertz CT molecular complexity index is 3030. The van der Waals surface area contributed by atoms with E-state index in [4.69, 9.17) is 14.4 Å². The molecule has 0 amide bonds. The van der Waals surface area contributed by atoms with Crippen molar-refractivity contribution < 1.29 is 4.42 Å². The molecule has 0 spiro atoms. The number of benzene rings is 7. The first-order valence-corrected chi connectivity index (χ1v) is 19.2. The SMILES string of the molecule is C1=CC2=CC(c3cccc4oc5c6ccccc6c(C6=NC(c7ccc8cc(-c9ccccc9)ccc8c7)=NC(c7ccccc7)C6)cc5c34)=CCC2C=C1. The zero-order valence-corrected chi connectivity index (χ0v) is 30.2. The van der Waals surface area contributed by atoms with Crippen molar-refractivity contribution in [3.8, 4) is 11.1 Å². The molecule has 1 aromatic heterocycles. The van der Waals surface area contributed by atoms with E-state index in [1.165, 1.54) is 44.2 Å². The molecular weight excluding hydrogens is 669 g/mol. The van der Waals surface area contributed by atoms with Crippen LogP contribution < -0.4 is 0 Å². The Hall–Kier alpha value is -6.84. The monoisotopic (exact) mass is 704 g/mol. The molecule has 2 aliphatic carbocycles. The molecule has 11 rings (SSSR count). The zero-order chi connectivity index (χ0) is 36.3. The molecule has 55 heavy (non-hydrogen) atoms. The number of rotatable bonds is 5. The van der Waals surface area contributed by atoms with E-state index in [0.29, 0.717) is 12.3 Å². The van der Waals surface area contributed by atoms with E-state index < -0.39 is 0 Å². The smallest absolute Gasteiger partial charge is 0.155 e. The molecule has 0 bridgehead atoms. The molecule has 3 aliphatic rings. The second kappa shape index (κ2) is 12.9. The van der Waals surface area contributed by atoms with E-state index in [1.807, 2.05) is 0 Å². The summed E-state index contributed by atoms with van der Waals surface area (Å²) in [5.41, 5.74) is 12.4. The molecule has 2 atom stereocenters. The van der Waals surface area contributed by atoms with Gasteiger partial charge < -0.3 is 4.42 Å². The van der Waals surface area contributed by atoms with Gasteiger partial charge in [-0.25, -0.2) is 4.99 Å². The molecule has 3 nitrogen and oxygen atoms in total. The maximum Gasteiger partial charge on any atom is 0.155 e. The molecule has 8 aromatic rings. The number of aliphatic imine (C=N–C) groups is 2. The van der Waals surface area contributed by atoms with Crippen molar-refractivity contribution in [1.82, 2.24) is 0 Å². The second-order valence-electron chi connectivity index (χ2n) is 14.8. The minimum Gasteiger partial charge on any atom is -0.455 e. The maximum absolute atomic E-state index is 6.77. The number of hydrogen-bond donors (Lipinski definition) is 0. The Kier molecular flexibility index (Phi) is 7.44. The molecule has 7 aromatic carbocycles. The predicted octanol–water partition coefficient (Wildman–Crippen LogP) is 13.4. The quantitative estimate of drug-likeness (QED) is 0.176. The average molecular weight is 705 g/mol. The summed E-state index contributed by atoms with van der Waals surface area (Å²) in [5, 5.41) is 6.85. The number of allylic oxidation sites excluding steroid dienone is 8. The van der Waals surface area contributed by atoms with Crippen LogP contribution in [0.4, 0.5) is 0 Å². The van der Waals surface area contributed by atoms with Gasteiger partial charge in [-0.1, -0.05) is 158 Å². The van der Waals surface area contributed by atoms with E-state index in [9.17, 15) is 0 Å². The molecule has 2 unspecified atom stereocenters. The van der Waals surface area contributed by atoms with Crippen molar-refractivity contribution in [2.45, 2.75) is 18.9 Å². The molecule has 0 N–H and O–H groups in total. The summed E-state index contributed by atoms with van der Waals surface area (Å²) >= 11 is 0. The van der Waals surface area contributed by atoms with Crippen LogP contribution in [0.15, 0.2) is 202 Å². The van der Waals surface area contributed by atoms with Crippen molar-refractivity contribution in [3.63, 3.8) is 0 Å². The maximum atomic E-state index is 6.77. The fraction of sp³-hybridized carbons (Fsp3) is 0.0769. The lowest BCUT2D eigenvalue weighted by Crippen LogP contribution is -2.17. The van der Waals surface area contributed by atoms with E-state index in [1.54, 1.807) is 0 Å². The second-order valence-corrected chi connectivity index (χ2v) is 14.8. The third-order valence-corrected chi connectivity index (χ3v) is 11.5. The van der Waals surface area contributed by atoms with Crippen LogP contribution in [0.1, 0.15) is 41.1 Å². The van der Waals surface area contributed by atoms with Crippen LogP contribution in [0.3, 0.4) is 0 Å². The summed E-state index contributed by atoms with van der Waals surface area (Å²) in [6, 6.07) is 51.9. The van der Waals surface area contributed by atoms with E-state index in [-0.39, 0.29) is 6.04 Å². The summed E-state index contributed by atoms with van der Waals surface area (Å²) in [6.45, 7) is 0. The van der Waals surface area contributed by atoms with Crippen LogP contribution in [-0.4, -0.2) is 11.5 Å². The van der Waals surface area contributed by atoms with Crippen molar-refractivity contribution in [3.05, 3.63) is 210 Å². The van der Waals surface area contributed by atoms with Gasteiger partial charge in [0.05, 0.1) is 11.8 Å². The molecule has 0 radical (unpaired) electrons. The van der Waals surface area contributed by atoms with Gasteiger partial charge in [-0.15, -0.1) is 0 Å². The molecule has 0 fully saturated rings. The van der Waals surface area contributed by atoms with Crippen LogP contribution >= 0.6 is 0 Å². The van der Waals surface area contributed by atoms with Crippen molar-refractivity contribution in [2.24, 2.45) is 15.9 Å². The fourth-order valence-electron chi connectivity index (χ4n) is 8.73. The number of amidine groups is 1. The molecule has 0 saturated heterocycles. The Morgan fingerprint density at radius 1 is 0.600 bits per heavy atom. The Morgan fingerprint density at radius 3 is 2.22 bits per heavy atom. The number of nitrogens with zero attached hydrogens (tertiary/aromatic N) is 2. The Morgan fingerprint density at radius 2 is 1.36 bits per heavy atom.